The standard InChI is InChI=1S/C20H29NO.ClH/c1-15-20(16-7-5-11-19(22)13-16)12-6-10-18(14-20)21(15)17-8-3-2-4-9-17;/h5,7,11,13,15,17-18,22H,2-4,6,8-10,12,14H2,1H3;1H. The van der Waals surface area contributed by atoms with Gasteiger partial charge in [0, 0.05) is 23.5 Å². The van der Waals surface area contributed by atoms with Crippen LogP contribution in [-0.2, 0) is 5.41 Å². The molecule has 2 bridgehead atoms. The minimum Gasteiger partial charge on any atom is -0.508 e. The maximum atomic E-state index is 9.95. The van der Waals surface area contributed by atoms with Gasteiger partial charge in [-0.05, 0) is 56.7 Å². The lowest BCUT2D eigenvalue weighted by molar-refractivity contribution is 0.0992. The van der Waals surface area contributed by atoms with E-state index < -0.39 is 0 Å². The van der Waals surface area contributed by atoms with Crippen LogP contribution in [0.25, 0.3) is 0 Å². The van der Waals surface area contributed by atoms with Crippen LogP contribution >= 0.6 is 12.4 Å². The zero-order valence-corrected chi connectivity index (χ0v) is 15.0. The Labute approximate surface area is 146 Å². The fourth-order valence-corrected chi connectivity index (χ4v) is 5.83. The maximum Gasteiger partial charge on any atom is 0.115 e. The number of likely N-dealkylation sites (tertiary alicyclic amines) is 1. The van der Waals surface area contributed by atoms with Gasteiger partial charge in [-0.1, -0.05) is 37.8 Å². The summed E-state index contributed by atoms with van der Waals surface area (Å²) in [6.07, 6.45) is 12.4. The first-order valence-corrected chi connectivity index (χ1v) is 9.28. The molecule has 23 heavy (non-hydrogen) atoms. The van der Waals surface area contributed by atoms with Crippen LogP contribution in [0, 0.1) is 0 Å². The van der Waals surface area contributed by atoms with Crippen molar-refractivity contribution in [2.45, 2.75) is 88.3 Å². The minimum absolute atomic E-state index is 0. The Hall–Kier alpha value is -0.730. The normalized spacial score (nSPS) is 35.0. The number of nitrogens with zero attached hydrogens (tertiary/aromatic N) is 1. The number of fused-ring (bicyclic) bond motifs is 2. The van der Waals surface area contributed by atoms with Crippen molar-refractivity contribution in [1.82, 2.24) is 4.90 Å². The highest BCUT2D eigenvalue weighted by Gasteiger charge is 2.54. The average Bonchev–Trinajstić information content (AvgIpc) is 2.75. The second kappa shape index (κ2) is 6.64. The number of aromatic hydroxyl groups is 1. The third-order valence-corrected chi connectivity index (χ3v) is 6.85. The van der Waals surface area contributed by atoms with Crippen molar-refractivity contribution < 1.29 is 5.11 Å². The first-order valence-electron chi connectivity index (χ1n) is 9.28. The first-order chi connectivity index (χ1) is 10.7. The van der Waals surface area contributed by atoms with Gasteiger partial charge in [0.25, 0.3) is 0 Å². The Morgan fingerprint density at radius 2 is 1.78 bits per heavy atom. The molecule has 3 fully saturated rings. The summed E-state index contributed by atoms with van der Waals surface area (Å²) in [4.78, 5) is 2.90. The summed E-state index contributed by atoms with van der Waals surface area (Å²) in [6.45, 7) is 2.46. The van der Waals surface area contributed by atoms with Gasteiger partial charge in [-0.3, -0.25) is 4.90 Å². The number of halogens is 1. The van der Waals surface area contributed by atoms with Gasteiger partial charge < -0.3 is 5.11 Å². The predicted octanol–water partition coefficient (Wildman–Crippen LogP) is 5.03. The molecule has 4 rings (SSSR count). The molecule has 1 saturated heterocycles. The largest absolute Gasteiger partial charge is 0.508 e. The maximum absolute atomic E-state index is 9.95. The highest BCUT2D eigenvalue weighted by Crippen LogP contribution is 2.53. The molecule has 1 aliphatic heterocycles. The summed E-state index contributed by atoms with van der Waals surface area (Å²) < 4.78 is 0. The van der Waals surface area contributed by atoms with Crippen molar-refractivity contribution in [2.24, 2.45) is 0 Å². The molecule has 1 heterocycles. The molecule has 0 amide bonds. The van der Waals surface area contributed by atoms with Crippen LogP contribution in [0.5, 0.6) is 5.75 Å². The van der Waals surface area contributed by atoms with Gasteiger partial charge in [-0.2, -0.15) is 0 Å². The minimum atomic E-state index is 0. The Bertz CT molecular complexity index is 542. The fraction of sp³-hybridized carbons (Fsp3) is 0.700. The smallest absolute Gasteiger partial charge is 0.115 e. The average molecular weight is 336 g/mol. The van der Waals surface area contributed by atoms with E-state index in [-0.39, 0.29) is 17.8 Å². The third-order valence-electron chi connectivity index (χ3n) is 6.85. The second-order valence-corrected chi connectivity index (χ2v) is 7.87. The summed E-state index contributed by atoms with van der Waals surface area (Å²) in [6, 6.07) is 10.3. The van der Waals surface area contributed by atoms with E-state index in [4.69, 9.17) is 0 Å². The number of hydrogen-bond donors (Lipinski definition) is 1. The van der Waals surface area contributed by atoms with Gasteiger partial charge in [0.1, 0.15) is 5.75 Å². The highest BCUT2D eigenvalue weighted by molar-refractivity contribution is 5.85. The number of rotatable bonds is 2. The molecule has 3 atom stereocenters. The van der Waals surface area contributed by atoms with Gasteiger partial charge in [-0.15, -0.1) is 12.4 Å². The lowest BCUT2D eigenvalue weighted by Crippen LogP contribution is -2.46. The molecular formula is C20H30ClNO. The van der Waals surface area contributed by atoms with E-state index in [0.29, 0.717) is 11.8 Å². The molecule has 3 aliphatic rings. The van der Waals surface area contributed by atoms with Crippen molar-refractivity contribution >= 4 is 12.4 Å². The Kier molecular flexibility index (Phi) is 4.94. The van der Waals surface area contributed by atoms with E-state index in [1.54, 1.807) is 6.07 Å². The third kappa shape index (κ3) is 2.78. The zero-order valence-electron chi connectivity index (χ0n) is 14.2. The van der Waals surface area contributed by atoms with Crippen molar-refractivity contribution in [3.05, 3.63) is 29.8 Å². The quantitative estimate of drug-likeness (QED) is 0.819. The van der Waals surface area contributed by atoms with Gasteiger partial charge in [0.15, 0.2) is 0 Å². The molecule has 1 aromatic carbocycles. The van der Waals surface area contributed by atoms with Gasteiger partial charge in [0.05, 0.1) is 0 Å². The van der Waals surface area contributed by atoms with Crippen LogP contribution < -0.4 is 0 Å². The molecular weight excluding hydrogens is 306 g/mol. The van der Waals surface area contributed by atoms with Gasteiger partial charge >= 0.3 is 0 Å². The molecule has 0 radical (unpaired) electrons. The van der Waals surface area contributed by atoms with Crippen molar-refractivity contribution in [3.63, 3.8) is 0 Å². The van der Waals surface area contributed by atoms with E-state index >= 15 is 0 Å². The lowest BCUT2D eigenvalue weighted by atomic mass is 9.67. The Morgan fingerprint density at radius 3 is 2.52 bits per heavy atom. The van der Waals surface area contributed by atoms with Gasteiger partial charge in [0.2, 0.25) is 0 Å². The molecule has 0 spiro atoms. The molecule has 1 aromatic rings. The first kappa shape index (κ1) is 17.1. The number of hydrogen-bond acceptors (Lipinski definition) is 2. The van der Waals surface area contributed by atoms with E-state index in [0.717, 1.165) is 12.1 Å². The highest BCUT2D eigenvalue weighted by atomic mass is 35.5. The number of phenolic OH excluding ortho intramolecular Hbond substituents is 1. The number of benzene rings is 1. The predicted molar refractivity (Wildman–Crippen MR) is 97.5 cm³/mol. The monoisotopic (exact) mass is 335 g/mol. The molecule has 2 nitrogen and oxygen atoms in total. The molecule has 3 heteroatoms. The SMILES string of the molecule is CC1N(C2CCCCC2)C2CCCC1(c1cccc(O)c1)C2.Cl. The van der Waals surface area contributed by atoms with Crippen LogP contribution in [0.1, 0.15) is 70.3 Å². The molecule has 2 saturated carbocycles. The summed E-state index contributed by atoms with van der Waals surface area (Å²) in [5.74, 6) is 0.428. The van der Waals surface area contributed by atoms with Gasteiger partial charge in [-0.25, -0.2) is 0 Å². The summed E-state index contributed by atoms with van der Waals surface area (Å²) in [5, 5.41) is 9.95. The summed E-state index contributed by atoms with van der Waals surface area (Å²) in [5.41, 5.74) is 1.65. The molecule has 2 aliphatic carbocycles. The van der Waals surface area contributed by atoms with Crippen LogP contribution in [0.4, 0.5) is 0 Å². The lowest BCUT2D eigenvalue weighted by Gasteiger charge is -2.40. The van der Waals surface area contributed by atoms with Crippen molar-refractivity contribution in [2.75, 3.05) is 0 Å². The molecule has 1 N–H and O–H groups in total. The van der Waals surface area contributed by atoms with Crippen LogP contribution in [0.3, 0.4) is 0 Å². The van der Waals surface area contributed by atoms with E-state index in [2.05, 4.69) is 17.9 Å². The molecule has 128 valence electrons. The summed E-state index contributed by atoms with van der Waals surface area (Å²) >= 11 is 0. The van der Waals surface area contributed by atoms with Crippen molar-refractivity contribution in [3.8, 4) is 5.75 Å². The molecule has 0 aromatic heterocycles. The van der Waals surface area contributed by atoms with Crippen LogP contribution in [0.2, 0.25) is 0 Å². The fourth-order valence-electron chi connectivity index (χ4n) is 5.83. The van der Waals surface area contributed by atoms with E-state index in [9.17, 15) is 5.11 Å². The van der Waals surface area contributed by atoms with E-state index in [1.165, 1.54) is 63.4 Å². The zero-order chi connectivity index (χ0) is 15.2. The molecule has 3 unspecified atom stereocenters. The van der Waals surface area contributed by atoms with Crippen LogP contribution in [0.15, 0.2) is 24.3 Å². The summed E-state index contributed by atoms with van der Waals surface area (Å²) in [7, 11) is 0. The van der Waals surface area contributed by atoms with E-state index in [1.807, 2.05) is 12.1 Å². The number of phenols is 1. The second-order valence-electron chi connectivity index (χ2n) is 7.87. The Balaban J connectivity index is 0.00000156. The topological polar surface area (TPSA) is 23.5 Å². The Morgan fingerprint density at radius 1 is 1.04 bits per heavy atom. The van der Waals surface area contributed by atoms with Crippen molar-refractivity contribution in [1.29, 1.82) is 0 Å². The van der Waals surface area contributed by atoms with Crippen LogP contribution in [-0.4, -0.2) is 28.1 Å².